The van der Waals surface area contributed by atoms with Gasteiger partial charge in [0, 0.05) is 13.0 Å². The molecule has 0 saturated heterocycles. The highest BCUT2D eigenvalue weighted by molar-refractivity contribution is 6.17. The lowest BCUT2D eigenvalue weighted by molar-refractivity contribution is -0.138. The Morgan fingerprint density at radius 2 is 1.40 bits per heavy atom. The van der Waals surface area contributed by atoms with Crippen LogP contribution in [-0.4, -0.2) is 83.4 Å². The van der Waals surface area contributed by atoms with Crippen LogP contribution in [0.25, 0.3) is 5.57 Å². The Labute approximate surface area is 281 Å². The van der Waals surface area contributed by atoms with Crippen LogP contribution in [0, 0.1) is 26.7 Å². The van der Waals surface area contributed by atoms with Crippen LogP contribution in [0.15, 0.2) is 48.2 Å². The van der Waals surface area contributed by atoms with Gasteiger partial charge in [0.25, 0.3) is 0 Å². The second-order valence-corrected chi connectivity index (χ2v) is 12.1. The number of carboxylic acid groups (broad SMARTS) is 1. The minimum Gasteiger partial charge on any atom is -0.492 e. The molecule has 2 aromatic carbocycles. The molecule has 1 aliphatic carbocycles. The molecule has 1 atom stereocenters. The number of aliphatic carboxylic acids is 1. The summed E-state index contributed by atoms with van der Waals surface area (Å²) in [5.41, 5.74) is 5.04. The van der Waals surface area contributed by atoms with Crippen molar-refractivity contribution < 1.29 is 43.1 Å². The molecule has 0 amide bonds. The minimum atomic E-state index is -0.955. The van der Waals surface area contributed by atoms with Crippen LogP contribution < -0.4 is 0 Å². The molecule has 1 aliphatic rings. The van der Waals surface area contributed by atoms with Gasteiger partial charge >= 0.3 is 5.97 Å². The third-order valence-electron chi connectivity index (χ3n) is 8.31. The first kappa shape index (κ1) is 38.7. The van der Waals surface area contributed by atoms with E-state index in [4.69, 9.17) is 33.2 Å². The number of carboxylic acids is 1. The van der Waals surface area contributed by atoms with Crippen molar-refractivity contribution in [3.8, 4) is 0 Å². The Balaban J connectivity index is 1.41. The Hall–Kier alpha value is -2.79. The number of carbonyl (C=O) groups is 1. The van der Waals surface area contributed by atoms with E-state index in [0.717, 1.165) is 66.3 Å². The van der Waals surface area contributed by atoms with Gasteiger partial charge in [0.1, 0.15) is 17.9 Å². The predicted molar refractivity (Wildman–Crippen MR) is 182 cm³/mol. The molecule has 9 heteroatoms. The number of allylic oxidation sites excluding steroid dienone is 1. The second-order valence-electron chi connectivity index (χ2n) is 12.1. The monoisotopic (exact) mass is 656 g/mol. The summed E-state index contributed by atoms with van der Waals surface area (Å²) < 4.78 is 40.2. The van der Waals surface area contributed by atoms with Crippen molar-refractivity contribution in [2.24, 2.45) is 5.92 Å². The van der Waals surface area contributed by atoms with E-state index in [2.05, 4.69) is 6.92 Å². The summed E-state index contributed by atoms with van der Waals surface area (Å²) in [5.74, 6) is -0.384. The van der Waals surface area contributed by atoms with Crippen molar-refractivity contribution in [1.82, 2.24) is 0 Å². The average Bonchev–Trinajstić information content (AvgIpc) is 3.06. The van der Waals surface area contributed by atoms with E-state index in [9.17, 15) is 9.90 Å². The van der Waals surface area contributed by atoms with Gasteiger partial charge in [0.05, 0.1) is 59.0 Å². The third kappa shape index (κ3) is 13.7. The zero-order valence-corrected chi connectivity index (χ0v) is 29.1. The van der Waals surface area contributed by atoms with Crippen molar-refractivity contribution in [2.45, 2.75) is 85.2 Å². The van der Waals surface area contributed by atoms with Gasteiger partial charge in [-0.1, -0.05) is 61.4 Å². The Morgan fingerprint density at radius 3 is 1.96 bits per heavy atom. The van der Waals surface area contributed by atoms with Crippen molar-refractivity contribution >= 4 is 11.5 Å². The summed E-state index contributed by atoms with van der Waals surface area (Å²) in [6.07, 6.45) is 5.09. The summed E-state index contributed by atoms with van der Waals surface area (Å²) in [6, 6.07) is 14.0. The summed E-state index contributed by atoms with van der Waals surface area (Å²) in [7, 11) is 1.65. The van der Waals surface area contributed by atoms with E-state index in [1.54, 1.807) is 7.11 Å². The lowest BCUT2D eigenvalue weighted by atomic mass is 9.82. The van der Waals surface area contributed by atoms with Crippen LogP contribution in [0.2, 0.25) is 0 Å². The lowest BCUT2D eigenvalue weighted by Crippen LogP contribution is -2.26. The van der Waals surface area contributed by atoms with Crippen molar-refractivity contribution in [3.63, 3.8) is 0 Å². The van der Waals surface area contributed by atoms with Crippen LogP contribution in [0.4, 0.5) is 0 Å². The van der Waals surface area contributed by atoms with Crippen LogP contribution in [0.3, 0.4) is 0 Å². The number of ether oxygens (including phenoxy) is 7. The Kier molecular flexibility index (Phi) is 18.1. The first-order chi connectivity index (χ1) is 22.8. The molecule has 2 aromatic rings. The van der Waals surface area contributed by atoms with E-state index < -0.39 is 5.97 Å². The van der Waals surface area contributed by atoms with Gasteiger partial charge in [-0.2, -0.15) is 0 Å². The molecule has 0 spiro atoms. The van der Waals surface area contributed by atoms with Crippen LogP contribution in [-0.2, 0) is 44.6 Å². The van der Waals surface area contributed by atoms with Gasteiger partial charge in [-0.15, -0.1) is 0 Å². The molecule has 47 heavy (non-hydrogen) atoms. The molecule has 0 aromatic heterocycles. The molecule has 3 rings (SSSR count). The van der Waals surface area contributed by atoms with Crippen molar-refractivity contribution in [2.75, 3.05) is 60.0 Å². The van der Waals surface area contributed by atoms with E-state index in [1.807, 2.05) is 63.2 Å². The van der Waals surface area contributed by atoms with Gasteiger partial charge < -0.3 is 38.3 Å². The summed E-state index contributed by atoms with van der Waals surface area (Å²) in [6.45, 7) is 12.4. The van der Waals surface area contributed by atoms with E-state index >= 15 is 0 Å². The first-order valence-corrected chi connectivity index (χ1v) is 17.1. The Morgan fingerprint density at radius 1 is 0.830 bits per heavy atom. The lowest BCUT2D eigenvalue weighted by Gasteiger charge is -2.31. The van der Waals surface area contributed by atoms with Gasteiger partial charge in [-0.3, -0.25) is 0 Å². The molecule has 1 fully saturated rings. The molecule has 0 bridgehead atoms. The highest BCUT2D eigenvalue weighted by Gasteiger charge is 2.31. The van der Waals surface area contributed by atoms with Crippen molar-refractivity contribution in [1.29, 1.82) is 0 Å². The third-order valence-corrected chi connectivity index (χ3v) is 8.31. The Bertz CT molecular complexity index is 1180. The van der Waals surface area contributed by atoms with Gasteiger partial charge in [-0.25, -0.2) is 4.79 Å². The van der Waals surface area contributed by atoms with Crippen LogP contribution in [0.1, 0.15) is 73.3 Å². The molecule has 262 valence electrons. The topological polar surface area (TPSA) is 102 Å². The molecular weight excluding hydrogens is 600 g/mol. The molecule has 1 unspecified atom stereocenters. The highest BCUT2D eigenvalue weighted by Crippen LogP contribution is 2.38. The minimum absolute atomic E-state index is 0.00185. The normalized spacial score (nSPS) is 17.7. The predicted octanol–water partition coefficient (Wildman–Crippen LogP) is 7.04. The maximum atomic E-state index is 12.8. The van der Waals surface area contributed by atoms with Crippen LogP contribution in [0.5, 0.6) is 0 Å². The quantitative estimate of drug-likeness (QED) is 0.0584. The number of hydrogen-bond acceptors (Lipinski definition) is 8. The molecular formula is C38H56O9. The number of rotatable bonds is 23. The van der Waals surface area contributed by atoms with Gasteiger partial charge in [0.15, 0.2) is 6.29 Å². The number of benzene rings is 2. The molecule has 9 nitrogen and oxygen atoms in total. The summed E-state index contributed by atoms with van der Waals surface area (Å²) >= 11 is 0. The smallest absolute Gasteiger partial charge is 0.339 e. The largest absolute Gasteiger partial charge is 0.492 e. The zero-order valence-electron chi connectivity index (χ0n) is 29.1. The number of methoxy groups -OCH3 is 1. The van der Waals surface area contributed by atoms with E-state index in [-0.39, 0.29) is 23.9 Å². The maximum Gasteiger partial charge on any atom is 0.339 e. The highest BCUT2D eigenvalue weighted by atomic mass is 16.7. The molecule has 0 aliphatic heterocycles. The fourth-order valence-corrected chi connectivity index (χ4v) is 6.09. The summed E-state index contributed by atoms with van der Waals surface area (Å²) in [4.78, 5) is 12.8. The standard InChI is InChI=1S/C38H56O9/c1-6-10-34(41-5)46-24-22-44-20-18-42-17-19-43-21-23-45-33-15-13-32(14-16-33)37(47-27-31-11-8-7-9-12-31)36(38(39)40)35-29(3)25-28(2)26-30(35)4/h7-9,11-12,25-26,32-34H,6,10,13-24,27H2,1-5H3,(H,39,40)/b37-36+. The number of hydrogen-bond donors (Lipinski definition) is 1. The summed E-state index contributed by atoms with van der Waals surface area (Å²) in [5, 5.41) is 10.5. The molecule has 0 heterocycles. The van der Waals surface area contributed by atoms with E-state index in [1.165, 1.54) is 0 Å². The van der Waals surface area contributed by atoms with Crippen molar-refractivity contribution in [3.05, 3.63) is 76.0 Å². The van der Waals surface area contributed by atoms with E-state index in [0.29, 0.717) is 65.2 Å². The molecule has 1 N–H and O–H groups in total. The number of aryl methyl sites for hydroxylation is 3. The molecule has 1 saturated carbocycles. The maximum absolute atomic E-state index is 12.8. The first-order valence-electron chi connectivity index (χ1n) is 17.1. The second kappa shape index (κ2) is 22.0. The zero-order chi connectivity index (χ0) is 33.9. The SMILES string of the molecule is CCCC(OC)OCCOCCOCCOCCOC1CCC(/C(OCc2ccccc2)=C(\C(=O)O)c2c(C)cc(C)cc2C)CC1. The van der Waals surface area contributed by atoms with Gasteiger partial charge in [0.2, 0.25) is 0 Å². The van der Waals surface area contributed by atoms with Gasteiger partial charge in [-0.05, 0) is 75.1 Å². The fourth-order valence-electron chi connectivity index (χ4n) is 6.09. The molecule has 0 radical (unpaired) electrons. The fraction of sp³-hybridized carbons (Fsp3) is 0.605. The van der Waals surface area contributed by atoms with Crippen LogP contribution >= 0.6 is 0 Å². The average molecular weight is 657 g/mol.